The van der Waals surface area contributed by atoms with E-state index in [-0.39, 0.29) is 10.9 Å². The molecule has 0 saturated carbocycles. The molecule has 0 aliphatic carbocycles. The van der Waals surface area contributed by atoms with Crippen molar-refractivity contribution >= 4 is 41.0 Å². The first-order chi connectivity index (χ1) is 11.1. The molecule has 7 heteroatoms. The van der Waals surface area contributed by atoms with Crippen LogP contribution >= 0.6 is 12.2 Å². The van der Waals surface area contributed by atoms with Crippen molar-refractivity contribution in [2.75, 3.05) is 12.4 Å². The number of anilines is 1. The van der Waals surface area contributed by atoms with E-state index in [2.05, 4.69) is 20.4 Å². The molecule has 2 rings (SSSR count). The number of carbonyl (C=O) groups excluding carboxylic acids is 1. The van der Waals surface area contributed by atoms with Gasteiger partial charge in [0.25, 0.3) is 0 Å². The maximum absolute atomic E-state index is 13.2. The van der Waals surface area contributed by atoms with E-state index in [1.54, 1.807) is 42.6 Å². The molecule has 5 nitrogen and oxygen atoms in total. The van der Waals surface area contributed by atoms with Crippen LogP contribution in [0.15, 0.2) is 53.5 Å². The van der Waals surface area contributed by atoms with Gasteiger partial charge in [-0.3, -0.25) is 10.3 Å². The lowest BCUT2D eigenvalue weighted by atomic mass is 10.2. The number of hydrogen-bond donors (Lipinski definition) is 2. The van der Waals surface area contributed by atoms with Crippen LogP contribution in [0.4, 0.5) is 20.6 Å². The Labute approximate surface area is 138 Å². The fourth-order valence-corrected chi connectivity index (χ4v) is 1.91. The normalized spacial score (nSPS) is 10.3. The number of benzene rings is 2. The summed E-state index contributed by atoms with van der Waals surface area (Å²) in [5, 5.41) is 5.29. The molecule has 0 aromatic heterocycles. The van der Waals surface area contributed by atoms with Crippen LogP contribution in [0.2, 0.25) is 0 Å². The average molecular weight is 331 g/mol. The summed E-state index contributed by atoms with van der Waals surface area (Å²) in [5.74, 6) is -0.330. The maximum atomic E-state index is 13.2. The first kappa shape index (κ1) is 16.6. The van der Waals surface area contributed by atoms with Gasteiger partial charge in [-0.25, -0.2) is 9.18 Å². The molecule has 0 aliphatic heterocycles. The second-order valence-corrected chi connectivity index (χ2v) is 4.81. The molecule has 0 atom stereocenters. The van der Waals surface area contributed by atoms with Gasteiger partial charge in [0.05, 0.1) is 18.5 Å². The summed E-state index contributed by atoms with van der Waals surface area (Å²) < 4.78 is 17.6. The second-order valence-electron chi connectivity index (χ2n) is 4.40. The van der Waals surface area contributed by atoms with Gasteiger partial charge in [0.1, 0.15) is 5.82 Å². The number of amides is 1. The Morgan fingerprint density at radius 2 is 2.04 bits per heavy atom. The van der Waals surface area contributed by atoms with Gasteiger partial charge in [-0.2, -0.15) is 0 Å². The molecule has 0 unspecified atom stereocenters. The van der Waals surface area contributed by atoms with Gasteiger partial charge in [-0.15, -0.1) is 0 Å². The molecule has 2 aromatic rings. The number of nitrogens with one attached hydrogen (secondary N) is 2. The van der Waals surface area contributed by atoms with Crippen LogP contribution < -0.4 is 10.6 Å². The van der Waals surface area contributed by atoms with Gasteiger partial charge in [0, 0.05) is 6.21 Å². The number of methoxy groups -OCH3 is 1. The summed E-state index contributed by atoms with van der Waals surface area (Å²) in [6.45, 7) is 0. The van der Waals surface area contributed by atoms with Gasteiger partial charge in [0.2, 0.25) is 0 Å². The SMILES string of the molecule is COC(=O)NC(=S)Nc1ccccc1/N=C/c1cccc(F)c1. The first-order valence-electron chi connectivity index (χ1n) is 6.63. The van der Waals surface area contributed by atoms with Gasteiger partial charge < -0.3 is 10.1 Å². The van der Waals surface area contributed by atoms with Crippen molar-refractivity contribution < 1.29 is 13.9 Å². The first-order valence-corrected chi connectivity index (χ1v) is 7.04. The van der Waals surface area contributed by atoms with Gasteiger partial charge >= 0.3 is 6.09 Å². The Balaban J connectivity index is 2.14. The molecule has 0 heterocycles. The standard InChI is InChI=1S/C16H14FN3O2S/c1-22-16(21)20-15(23)19-14-8-3-2-7-13(14)18-10-11-5-4-6-12(17)9-11/h2-10H,1H3,(H2,19,20,21,23)/b18-10+. The number of rotatable bonds is 3. The number of ether oxygens (including phenoxy) is 1. The quantitative estimate of drug-likeness (QED) is 0.666. The maximum Gasteiger partial charge on any atom is 0.413 e. The van der Waals surface area contributed by atoms with Crippen molar-refractivity contribution in [3.05, 3.63) is 59.9 Å². The average Bonchev–Trinajstić information content (AvgIpc) is 2.54. The molecule has 0 radical (unpaired) electrons. The zero-order chi connectivity index (χ0) is 16.7. The minimum Gasteiger partial charge on any atom is -0.453 e. The number of para-hydroxylation sites is 2. The number of aliphatic imine (C=N–C) groups is 1. The summed E-state index contributed by atoms with van der Waals surface area (Å²) in [6, 6.07) is 13.2. The van der Waals surface area contributed by atoms with Crippen LogP contribution in [0.5, 0.6) is 0 Å². The molecule has 0 fully saturated rings. The second kappa shape index (κ2) is 8.00. The molecule has 0 aliphatic rings. The van der Waals surface area contributed by atoms with Crippen molar-refractivity contribution in [1.29, 1.82) is 0 Å². The number of halogens is 1. The Morgan fingerprint density at radius 1 is 1.26 bits per heavy atom. The van der Waals surface area contributed by atoms with Crippen molar-refractivity contribution in [3.63, 3.8) is 0 Å². The summed E-state index contributed by atoms with van der Waals surface area (Å²) >= 11 is 5.01. The van der Waals surface area contributed by atoms with Crippen LogP contribution in [0.1, 0.15) is 5.56 Å². The summed E-state index contributed by atoms with van der Waals surface area (Å²) in [6.07, 6.45) is 0.878. The molecule has 2 N–H and O–H groups in total. The molecular formula is C16H14FN3O2S. The van der Waals surface area contributed by atoms with Crippen LogP contribution in [0.3, 0.4) is 0 Å². The third-order valence-corrected chi connectivity index (χ3v) is 2.96. The van der Waals surface area contributed by atoms with Gasteiger partial charge in [0.15, 0.2) is 5.11 Å². The molecule has 1 amide bonds. The molecule has 118 valence electrons. The summed E-state index contributed by atoms with van der Waals surface area (Å²) in [7, 11) is 1.25. The van der Waals surface area contributed by atoms with E-state index in [1.807, 2.05) is 0 Å². The molecule has 0 saturated heterocycles. The molecule has 0 bridgehead atoms. The Morgan fingerprint density at radius 3 is 2.78 bits per heavy atom. The van der Waals surface area contributed by atoms with E-state index in [0.29, 0.717) is 16.9 Å². The largest absolute Gasteiger partial charge is 0.453 e. The number of carbonyl (C=O) groups is 1. The van der Waals surface area contributed by atoms with Crippen LogP contribution in [0.25, 0.3) is 0 Å². The van der Waals surface area contributed by atoms with Crippen LogP contribution in [0, 0.1) is 5.82 Å². The fourth-order valence-electron chi connectivity index (χ4n) is 1.72. The van der Waals surface area contributed by atoms with Gasteiger partial charge in [-0.05, 0) is 42.0 Å². The Bertz CT molecular complexity index is 750. The van der Waals surface area contributed by atoms with E-state index in [9.17, 15) is 9.18 Å². The highest BCUT2D eigenvalue weighted by Crippen LogP contribution is 2.24. The fraction of sp³-hybridized carbons (Fsp3) is 0.0625. The van der Waals surface area contributed by atoms with Crippen molar-refractivity contribution in [3.8, 4) is 0 Å². The Hall–Kier alpha value is -2.80. The topological polar surface area (TPSA) is 62.7 Å². The highest BCUT2D eigenvalue weighted by atomic mass is 32.1. The minimum absolute atomic E-state index is 0.0882. The lowest BCUT2D eigenvalue weighted by molar-refractivity contribution is 0.177. The molecule has 0 spiro atoms. The number of thiocarbonyl (C=S) groups is 1. The summed E-state index contributed by atoms with van der Waals surface area (Å²) in [5.41, 5.74) is 1.82. The minimum atomic E-state index is -0.664. The monoisotopic (exact) mass is 331 g/mol. The third kappa shape index (κ3) is 5.15. The highest BCUT2D eigenvalue weighted by molar-refractivity contribution is 7.80. The lowest BCUT2D eigenvalue weighted by Gasteiger charge is -2.10. The number of alkyl carbamates (subject to hydrolysis) is 1. The Kier molecular flexibility index (Phi) is 5.76. The van der Waals surface area contributed by atoms with Crippen LogP contribution in [-0.4, -0.2) is 24.5 Å². The predicted octanol–water partition coefficient (Wildman–Crippen LogP) is 3.63. The van der Waals surface area contributed by atoms with Crippen molar-refractivity contribution in [1.82, 2.24) is 5.32 Å². The van der Waals surface area contributed by atoms with Gasteiger partial charge in [-0.1, -0.05) is 24.3 Å². The smallest absolute Gasteiger partial charge is 0.413 e. The van der Waals surface area contributed by atoms with E-state index < -0.39 is 6.09 Å². The summed E-state index contributed by atoms with van der Waals surface area (Å²) in [4.78, 5) is 15.4. The van der Waals surface area contributed by atoms with E-state index in [4.69, 9.17) is 12.2 Å². The number of hydrogen-bond acceptors (Lipinski definition) is 4. The highest BCUT2D eigenvalue weighted by Gasteiger charge is 2.06. The van der Waals surface area contributed by atoms with Crippen LogP contribution in [-0.2, 0) is 4.74 Å². The zero-order valence-electron chi connectivity index (χ0n) is 12.2. The zero-order valence-corrected chi connectivity index (χ0v) is 13.1. The predicted molar refractivity (Wildman–Crippen MR) is 91.9 cm³/mol. The molecule has 23 heavy (non-hydrogen) atoms. The molecule has 2 aromatic carbocycles. The number of nitrogens with zero attached hydrogens (tertiary/aromatic N) is 1. The van der Waals surface area contributed by atoms with Crippen molar-refractivity contribution in [2.45, 2.75) is 0 Å². The van der Waals surface area contributed by atoms with E-state index in [1.165, 1.54) is 19.2 Å². The van der Waals surface area contributed by atoms with E-state index >= 15 is 0 Å². The third-order valence-electron chi connectivity index (χ3n) is 2.75. The van der Waals surface area contributed by atoms with Crippen molar-refractivity contribution in [2.24, 2.45) is 4.99 Å². The molecular weight excluding hydrogens is 317 g/mol. The lowest BCUT2D eigenvalue weighted by Crippen LogP contribution is -2.33. The van der Waals surface area contributed by atoms with E-state index in [0.717, 1.165) is 0 Å².